The van der Waals surface area contributed by atoms with E-state index in [0.717, 1.165) is 73.2 Å². The largest absolute Gasteiger partial charge is 0.352 e. The maximum absolute atomic E-state index is 13.1. The first-order valence-corrected chi connectivity index (χ1v) is 14.3. The number of carbonyl (C=O) groups excluding carboxylic acids is 3. The van der Waals surface area contributed by atoms with Crippen LogP contribution in [-0.4, -0.2) is 45.7 Å². The Hall–Kier alpha value is -3.95. The summed E-state index contributed by atoms with van der Waals surface area (Å²) >= 11 is 0. The van der Waals surface area contributed by atoms with Crippen LogP contribution in [0.2, 0.25) is 0 Å². The highest BCUT2D eigenvalue weighted by Crippen LogP contribution is 2.29. The number of nitrogens with one attached hydrogen (secondary N) is 4. The van der Waals surface area contributed by atoms with E-state index in [0.29, 0.717) is 22.6 Å². The molecule has 2 aromatic heterocycles. The van der Waals surface area contributed by atoms with Gasteiger partial charge in [0.05, 0.1) is 5.69 Å². The molecule has 2 fully saturated rings. The third-order valence-corrected chi connectivity index (χ3v) is 8.52. The quantitative estimate of drug-likeness (QED) is 0.197. The van der Waals surface area contributed by atoms with E-state index >= 15 is 0 Å². The summed E-state index contributed by atoms with van der Waals surface area (Å²) in [5.74, 6) is -0.262. The molecule has 0 saturated heterocycles. The molecule has 4 aromatic rings. The maximum Gasteiger partial charge on any atom is 0.267 e. The second-order valence-electron chi connectivity index (χ2n) is 11.5. The SMILES string of the molecule is NC1CCC(NC(=O)c2cc3cc(C(=O)Nc4ccc5[nH]c(C(=O)C6CCC(N)CC6)cc5c4)ccc3[nH]2)CC1. The molecule has 9 nitrogen and oxygen atoms in total. The Labute approximate surface area is 232 Å². The van der Waals surface area contributed by atoms with Crippen LogP contribution in [-0.2, 0) is 0 Å². The molecule has 40 heavy (non-hydrogen) atoms. The van der Waals surface area contributed by atoms with Crippen molar-refractivity contribution in [2.75, 3.05) is 5.32 Å². The molecule has 2 aliphatic rings. The third kappa shape index (κ3) is 5.52. The topological polar surface area (TPSA) is 159 Å². The fourth-order valence-electron chi connectivity index (χ4n) is 6.07. The van der Waals surface area contributed by atoms with E-state index in [9.17, 15) is 14.4 Å². The Kier molecular flexibility index (Phi) is 7.16. The number of anilines is 1. The molecular formula is C31H36N6O3. The van der Waals surface area contributed by atoms with Crippen LogP contribution in [0, 0.1) is 5.92 Å². The molecule has 0 spiro atoms. The summed E-state index contributed by atoms with van der Waals surface area (Å²) in [6.45, 7) is 0. The van der Waals surface area contributed by atoms with Gasteiger partial charge < -0.3 is 32.1 Å². The molecule has 6 rings (SSSR count). The number of carbonyl (C=O) groups is 3. The molecule has 9 heteroatoms. The summed E-state index contributed by atoms with van der Waals surface area (Å²) in [5.41, 5.74) is 15.8. The summed E-state index contributed by atoms with van der Waals surface area (Å²) in [6, 6.07) is 15.1. The molecule has 0 atom stereocenters. The predicted molar refractivity (Wildman–Crippen MR) is 157 cm³/mol. The van der Waals surface area contributed by atoms with Crippen molar-refractivity contribution in [2.24, 2.45) is 17.4 Å². The van der Waals surface area contributed by atoms with Crippen LogP contribution in [0.15, 0.2) is 48.5 Å². The zero-order valence-electron chi connectivity index (χ0n) is 22.5. The van der Waals surface area contributed by atoms with Gasteiger partial charge in [0.2, 0.25) is 0 Å². The first-order chi connectivity index (χ1) is 19.3. The van der Waals surface area contributed by atoms with Gasteiger partial charge in [-0.1, -0.05) is 0 Å². The van der Waals surface area contributed by atoms with E-state index in [1.54, 1.807) is 18.2 Å². The molecule has 2 aromatic carbocycles. The van der Waals surface area contributed by atoms with Crippen molar-refractivity contribution in [1.82, 2.24) is 15.3 Å². The van der Waals surface area contributed by atoms with Gasteiger partial charge in [-0.05, 0) is 99.9 Å². The van der Waals surface area contributed by atoms with E-state index in [4.69, 9.17) is 11.5 Å². The van der Waals surface area contributed by atoms with Crippen LogP contribution < -0.4 is 22.1 Å². The summed E-state index contributed by atoms with van der Waals surface area (Å²) < 4.78 is 0. The number of nitrogens with two attached hydrogens (primary N) is 2. The Morgan fingerprint density at radius 3 is 2.00 bits per heavy atom. The van der Waals surface area contributed by atoms with Crippen LogP contribution in [0.1, 0.15) is 82.7 Å². The number of aromatic nitrogens is 2. The number of hydrogen-bond donors (Lipinski definition) is 6. The molecule has 2 saturated carbocycles. The average molecular weight is 541 g/mol. The number of aromatic amines is 2. The standard InChI is InChI=1S/C31H36N6O3/c32-21-4-1-17(2-5-21)29(38)27-15-20-14-24(10-12-26(20)36-27)35-30(39)18-3-11-25-19(13-18)16-28(37-25)31(40)34-23-8-6-22(33)7-9-23/h3,10-17,21-23,36-37H,1-2,4-9,32-33H2,(H,34,40)(H,35,39). The van der Waals surface area contributed by atoms with Crippen LogP contribution in [0.25, 0.3) is 21.8 Å². The van der Waals surface area contributed by atoms with Gasteiger partial charge in [-0.15, -0.1) is 0 Å². The Morgan fingerprint density at radius 2 is 1.27 bits per heavy atom. The molecule has 2 heterocycles. The minimum atomic E-state index is -0.252. The Morgan fingerprint density at radius 1 is 0.675 bits per heavy atom. The van der Waals surface area contributed by atoms with Crippen molar-refractivity contribution in [3.8, 4) is 0 Å². The van der Waals surface area contributed by atoms with Gasteiger partial charge in [-0.25, -0.2) is 0 Å². The van der Waals surface area contributed by atoms with Gasteiger partial charge in [0.1, 0.15) is 5.69 Å². The number of hydrogen-bond acceptors (Lipinski definition) is 5. The highest BCUT2D eigenvalue weighted by molar-refractivity contribution is 6.08. The molecule has 0 bridgehead atoms. The first-order valence-electron chi connectivity index (χ1n) is 14.3. The van der Waals surface area contributed by atoms with Gasteiger partial charge in [0.15, 0.2) is 5.78 Å². The summed E-state index contributed by atoms with van der Waals surface area (Å²) in [7, 11) is 0. The minimum Gasteiger partial charge on any atom is -0.352 e. The average Bonchev–Trinajstić information content (AvgIpc) is 3.58. The van der Waals surface area contributed by atoms with Gasteiger partial charge in [0, 0.05) is 57.1 Å². The summed E-state index contributed by atoms with van der Waals surface area (Å²) in [6.07, 6.45) is 7.02. The van der Waals surface area contributed by atoms with Crippen LogP contribution >= 0.6 is 0 Å². The number of amides is 2. The zero-order valence-corrected chi connectivity index (χ0v) is 22.5. The predicted octanol–water partition coefficient (Wildman–Crippen LogP) is 4.60. The maximum atomic E-state index is 13.1. The molecule has 2 aliphatic carbocycles. The molecule has 8 N–H and O–H groups in total. The second-order valence-corrected chi connectivity index (χ2v) is 11.5. The number of Topliss-reactive ketones (excluding diaryl/α,β-unsaturated/α-hetero) is 1. The fourth-order valence-corrected chi connectivity index (χ4v) is 6.07. The first kappa shape index (κ1) is 26.3. The van der Waals surface area contributed by atoms with E-state index in [2.05, 4.69) is 20.6 Å². The van der Waals surface area contributed by atoms with Gasteiger partial charge in [-0.3, -0.25) is 14.4 Å². The lowest BCUT2D eigenvalue weighted by Crippen LogP contribution is -2.40. The van der Waals surface area contributed by atoms with Crippen molar-refractivity contribution in [3.05, 3.63) is 65.5 Å². The summed E-state index contributed by atoms with van der Waals surface area (Å²) in [5, 5.41) is 7.71. The van der Waals surface area contributed by atoms with Crippen molar-refractivity contribution >= 4 is 45.1 Å². The fraction of sp³-hybridized carbons (Fsp3) is 0.387. The normalized spacial score (nSPS) is 23.2. The molecular weight excluding hydrogens is 504 g/mol. The van der Waals surface area contributed by atoms with Gasteiger partial charge in [-0.2, -0.15) is 0 Å². The second kappa shape index (κ2) is 10.9. The van der Waals surface area contributed by atoms with E-state index in [1.807, 2.05) is 30.3 Å². The highest BCUT2D eigenvalue weighted by atomic mass is 16.2. The molecule has 0 aliphatic heterocycles. The van der Waals surface area contributed by atoms with Crippen molar-refractivity contribution in [2.45, 2.75) is 69.5 Å². The highest BCUT2D eigenvalue weighted by Gasteiger charge is 2.26. The van der Waals surface area contributed by atoms with Crippen LogP contribution in [0.4, 0.5) is 5.69 Å². The number of rotatable bonds is 6. The van der Waals surface area contributed by atoms with Gasteiger partial charge in [0.25, 0.3) is 11.8 Å². The minimum absolute atomic E-state index is 0.00755. The van der Waals surface area contributed by atoms with E-state index in [-0.39, 0.29) is 41.6 Å². The Bertz CT molecular complexity index is 1570. The van der Waals surface area contributed by atoms with Crippen molar-refractivity contribution < 1.29 is 14.4 Å². The number of benzene rings is 2. The molecule has 0 unspecified atom stereocenters. The summed E-state index contributed by atoms with van der Waals surface area (Å²) in [4.78, 5) is 45.3. The zero-order chi connectivity index (χ0) is 27.8. The Balaban J connectivity index is 1.12. The lowest BCUT2D eigenvalue weighted by molar-refractivity contribution is 0.0878. The van der Waals surface area contributed by atoms with E-state index in [1.165, 1.54) is 0 Å². The number of fused-ring (bicyclic) bond motifs is 2. The van der Waals surface area contributed by atoms with E-state index < -0.39 is 0 Å². The number of ketones is 1. The van der Waals surface area contributed by atoms with Crippen LogP contribution in [0.5, 0.6) is 0 Å². The molecule has 0 radical (unpaired) electrons. The third-order valence-electron chi connectivity index (χ3n) is 8.52. The van der Waals surface area contributed by atoms with Gasteiger partial charge >= 0.3 is 0 Å². The van der Waals surface area contributed by atoms with Crippen molar-refractivity contribution in [1.29, 1.82) is 0 Å². The number of H-pyrrole nitrogens is 2. The molecule has 208 valence electrons. The monoisotopic (exact) mass is 540 g/mol. The van der Waals surface area contributed by atoms with Crippen LogP contribution in [0.3, 0.4) is 0 Å². The smallest absolute Gasteiger partial charge is 0.267 e. The molecule has 2 amide bonds. The lowest BCUT2D eigenvalue weighted by Gasteiger charge is -2.26. The lowest BCUT2D eigenvalue weighted by atomic mass is 9.83. The van der Waals surface area contributed by atoms with Crippen molar-refractivity contribution in [3.63, 3.8) is 0 Å².